The topological polar surface area (TPSA) is 97.5 Å². The van der Waals surface area contributed by atoms with Gasteiger partial charge in [0.2, 0.25) is 11.8 Å². The third kappa shape index (κ3) is 2.06. The van der Waals surface area contributed by atoms with Crippen LogP contribution in [0.15, 0.2) is 12.1 Å². The Labute approximate surface area is 104 Å². The number of hydrogen-bond donors (Lipinski definition) is 2. The number of anilines is 2. The highest BCUT2D eigenvalue weighted by molar-refractivity contribution is 6.06. The molecule has 0 bridgehead atoms. The summed E-state index contributed by atoms with van der Waals surface area (Å²) in [5, 5.41) is 2.89. The first-order chi connectivity index (χ1) is 8.52. The number of carbonyl (C=O) groups excluding carboxylic acids is 2. The lowest BCUT2D eigenvalue weighted by Gasteiger charge is -2.12. The van der Waals surface area contributed by atoms with E-state index in [1.54, 1.807) is 12.1 Å². The number of amides is 2. The molecule has 7 nitrogen and oxygen atoms in total. The van der Waals surface area contributed by atoms with Crippen molar-refractivity contribution in [3.63, 3.8) is 0 Å². The number of carbonyl (C=O) groups is 2. The Morgan fingerprint density at radius 1 is 1.50 bits per heavy atom. The minimum absolute atomic E-state index is 0.129. The summed E-state index contributed by atoms with van der Waals surface area (Å²) < 4.78 is 4.98. The Balaban J connectivity index is 2.15. The molecule has 2 rings (SSSR count). The van der Waals surface area contributed by atoms with Gasteiger partial charge in [-0.1, -0.05) is 0 Å². The zero-order chi connectivity index (χ0) is 13.3. The third-order valence-electron chi connectivity index (χ3n) is 2.79. The highest BCUT2D eigenvalue weighted by Crippen LogP contribution is 2.22. The van der Waals surface area contributed by atoms with Crippen LogP contribution in [0.5, 0.6) is 5.88 Å². The quantitative estimate of drug-likeness (QED) is 0.723. The zero-order valence-corrected chi connectivity index (χ0v) is 10.1. The summed E-state index contributed by atoms with van der Waals surface area (Å²) in [5.74, 6) is 0.255. The molecular weight excluding hydrogens is 236 g/mol. The number of likely N-dealkylation sites (N-methyl/N-ethyl adjacent to an activating group) is 1. The van der Waals surface area contributed by atoms with Crippen molar-refractivity contribution in [2.75, 3.05) is 25.2 Å². The molecule has 0 aromatic carbocycles. The summed E-state index contributed by atoms with van der Waals surface area (Å²) in [7, 11) is 2.92. The highest BCUT2D eigenvalue weighted by atomic mass is 16.5. The van der Waals surface area contributed by atoms with Crippen molar-refractivity contribution in [2.24, 2.45) is 0 Å². The van der Waals surface area contributed by atoms with Crippen LogP contribution in [0, 0.1) is 0 Å². The lowest BCUT2D eigenvalue weighted by Crippen LogP contribution is -2.32. The average molecular weight is 250 g/mol. The summed E-state index contributed by atoms with van der Waals surface area (Å²) in [5.41, 5.74) is 6.05. The second-order valence-electron chi connectivity index (χ2n) is 3.99. The normalized spacial score (nSPS) is 19.2. The molecule has 1 aromatic rings. The van der Waals surface area contributed by atoms with Gasteiger partial charge in [0.15, 0.2) is 0 Å². The van der Waals surface area contributed by atoms with Crippen LogP contribution < -0.4 is 15.8 Å². The second kappa shape index (κ2) is 4.52. The van der Waals surface area contributed by atoms with Gasteiger partial charge in [0, 0.05) is 7.05 Å². The maximum atomic E-state index is 11.7. The van der Waals surface area contributed by atoms with Crippen LogP contribution in [-0.2, 0) is 9.59 Å². The van der Waals surface area contributed by atoms with Crippen molar-refractivity contribution in [3.05, 3.63) is 12.1 Å². The van der Waals surface area contributed by atoms with Gasteiger partial charge in [-0.2, -0.15) is 4.98 Å². The number of rotatable bonds is 3. The van der Waals surface area contributed by atoms with E-state index in [0.717, 1.165) is 4.90 Å². The predicted molar refractivity (Wildman–Crippen MR) is 65.0 cm³/mol. The van der Waals surface area contributed by atoms with E-state index >= 15 is 0 Å². The van der Waals surface area contributed by atoms with E-state index in [2.05, 4.69) is 10.3 Å². The summed E-state index contributed by atoms with van der Waals surface area (Å²) in [6.07, 6.45) is 0.129. The first kappa shape index (κ1) is 12.2. The van der Waals surface area contributed by atoms with E-state index in [-0.39, 0.29) is 24.1 Å². The van der Waals surface area contributed by atoms with Crippen molar-refractivity contribution in [1.29, 1.82) is 0 Å². The third-order valence-corrected chi connectivity index (χ3v) is 2.79. The molecule has 1 saturated heterocycles. The van der Waals surface area contributed by atoms with Crippen molar-refractivity contribution in [2.45, 2.75) is 12.5 Å². The van der Waals surface area contributed by atoms with Crippen LogP contribution in [0.4, 0.5) is 11.5 Å². The average Bonchev–Trinajstić information content (AvgIpc) is 2.59. The van der Waals surface area contributed by atoms with Gasteiger partial charge < -0.3 is 15.8 Å². The highest BCUT2D eigenvalue weighted by Gasteiger charge is 2.36. The molecule has 0 aliphatic carbocycles. The molecule has 1 aromatic heterocycles. The number of nitrogens with two attached hydrogens (primary N) is 1. The van der Waals surface area contributed by atoms with Gasteiger partial charge in [0.05, 0.1) is 19.2 Å². The lowest BCUT2D eigenvalue weighted by molar-refractivity contribution is -0.136. The zero-order valence-electron chi connectivity index (χ0n) is 10.1. The van der Waals surface area contributed by atoms with Gasteiger partial charge in [0.1, 0.15) is 11.9 Å². The van der Waals surface area contributed by atoms with Crippen LogP contribution in [0.25, 0.3) is 0 Å². The predicted octanol–water partition coefficient (Wildman–Crippen LogP) is -0.158. The first-order valence-electron chi connectivity index (χ1n) is 5.40. The maximum absolute atomic E-state index is 11.7. The van der Waals surface area contributed by atoms with Gasteiger partial charge >= 0.3 is 0 Å². The molecule has 18 heavy (non-hydrogen) atoms. The van der Waals surface area contributed by atoms with Crippen LogP contribution >= 0.6 is 0 Å². The Kier molecular flexibility index (Phi) is 3.05. The van der Waals surface area contributed by atoms with E-state index in [4.69, 9.17) is 10.5 Å². The molecule has 0 saturated carbocycles. The molecule has 2 heterocycles. The fourth-order valence-corrected chi connectivity index (χ4v) is 1.74. The first-order valence-corrected chi connectivity index (χ1v) is 5.40. The van der Waals surface area contributed by atoms with E-state index in [9.17, 15) is 9.59 Å². The number of aromatic nitrogens is 1. The summed E-state index contributed by atoms with van der Waals surface area (Å²) >= 11 is 0. The van der Waals surface area contributed by atoms with Crippen LogP contribution in [-0.4, -0.2) is 41.9 Å². The van der Waals surface area contributed by atoms with E-state index in [0.29, 0.717) is 11.5 Å². The van der Waals surface area contributed by atoms with Gasteiger partial charge in [-0.25, -0.2) is 0 Å². The number of hydrogen-bond acceptors (Lipinski definition) is 6. The summed E-state index contributed by atoms with van der Waals surface area (Å²) in [4.78, 5) is 28.3. The molecular formula is C11H14N4O3. The Bertz CT molecular complexity index is 503. The van der Waals surface area contributed by atoms with Crippen molar-refractivity contribution < 1.29 is 14.3 Å². The Hall–Kier alpha value is -2.31. The van der Waals surface area contributed by atoms with Gasteiger partial charge in [0.25, 0.3) is 5.91 Å². The standard InChI is InChI=1S/C11H14N4O3/c1-15-9(16)5-7(11(15)17)13-8-4-3-6(12)10(14-8)18-2/h3-4,7H,5,12H2,1-2H3,(H,13,14). The molecule has 1 aliphatic heterocycles. The molecule has 1 unspecified atom stereocenters. The molecule has 0 spiro atoms. The molecule has 7 heteroatoms. The molecule has 1 atom stereocenters. The number of ether oxygens (including phenoxy) is 1. The summed E-state index contributed by atoms with van der Waals surface area (Å²) in [6, 6.07) is 2.68. The smallest absolute Gasteiger partial charge is 0.251 e. The lowest BCUT2D eigenvalue weighted by atomic mass is 10.2. The van der Waals surface area contributed by atoms with E-state index in [1.165, 1.54) is 14.2 Å². The number of imide groups is 1. The number of pyridine rings is 1. The van der Waals surface area contributed by atoms with Crippen molar-refractivity contribution >= 4 is 23.3 Å². The van der Waals surface area contributed by atoms with Crippen LogP contribution in [0.3, 0.4) is 0 Å². The van der Waals surface area contributed by atoms with Gasteiger partial charge in [-0.3, -0.25) is 14.5 Å². The monoisotopic (exact) mass is 250 g/mol. The number of methoxy groups -OCH3 is 1. The summed E-state index contributed by atoms with van der Waals surface area (Å²) in [6.45, 7) is 0. The minimum atomic E-state index is -0.580. The Morgan fingerprint density at radius 2 is 2.22 bits per heavy atom. The van der Waals surface area contributed by atoms with Crippen molar-refractivity contribution in [1.82, 2.24) is 9.88 Å². The van der Waals surface area contributed by atoms with Crippen LogP contribution in [0.2, 0.25) is 0 Å². The molecule has 96 valence electrons. The fraction of sp³-hybridized carbons (Fsp3) is 0.364. The second-order valence-corrected chi connectivity index (χ2v) is 3.99. The van der Waals surface area contributed by atoms with Crippen molar-refractivity contribution in [3.8, 4) is 5.88 Å². The van der Waals surface area contributed by atoms with E-state index < -0.39 is 6.04 Å². The Morgan fingerprint density at radius 3 is 2.78 bits per heavy atom. The fourth-order valence-electron chi connectivity index (χ4n) is 1.74. The van der Waals surface area contributed by atoms with Crippen LogP contribution in [0.1, 0.15) is 6.42 Å². The largest absolute Gasteiger partial charge is 0.479 e. The SMILES string of the molecule is COc1nc(NC2CC(=O)N(C)C2=O)ccc1N. The molecule has 3 N–H and O–H groups in total. The van der Waals surface area contributed by atoms with Gasteiger partial charge in [-0.05, 0) is 12.1 Å². The van der Waals surface area contributed by atoms with E-state index in [1.807, 2.05) is 0 Å². The molecule has 1 aliphatic rings. The molecule has 2 amide bonds. The van der Waals surface area contributed by atoms with Gasteiger partial charge in [-0.15, -0.1) is 0 Å². The number of nitrogen functional groups attached to an aromatic ring is 1. The molecule has 1 fully saturated rings. The number of nitrogens with one attached hydrogen (secondary N) is 1. The number of nitrogens with zero attached hydrogens (tertiary/aromatic N) is 2. The molecule has 0 radical (unpaired) electrons. The minimum Gasteiger partial charge on any atom is -0.479 e. The number of likely N-dealkylation sites (tertiary alicyclic amines) is 1. The maximum Gasteiger partial charge on any atom is 0.251 e.